The predicted octanol–water partition coefficient (Wildman–Crippen LogP) is 3.19. The highest BCUT2D eigenvalue weighted by atomic mass is 16.5. The minimum Gasteiger partial charge on any atom is -0.497 e. The second-order valence-electron chi connectivity index (χ2n) is 5.48. The number of hydrogen-bond donors (Lipinski definition) is 1. The van der Waals surface area contributed by atoms with E-state index in [1.54, 1.807) is 31.4 Å². The Morgan fingerprint density at radius 1 is 1.27 bits per heavy atom. The molecule has 7 heteroatoms. The van der Waals surface area contributed by atoms with Crippen molar-refractivity contribution < 1.29 is 14.1 Å². The number of nitriles is 1. The average Bonchev–Trinajstić information content (AvgIpc) is 3.16. The third-order valence-electron chi connectivity index (χ3n) is 3.64. The van der Waals surface area contributed by atoms with Crippen LogP contribution in [0.2, 0.25) is 0 Å². The summed E-state index contributed by atoms with van der Waals surface area (Å²) in [4.78, 5) is 16.4. The molecule has 0 aliphatic carbocycles. The third kappa shape index (κ3) is 4.24. The van der Waals surface area contributed by atoms with Gasteiger partial charge in [-0.3, -0.25) is 4.79 Å². The molecular formula is C19H16N4O3. The van der Waals surface area contributed by atoms with Crippen molar-refractivity contribution in [3.8, 4) is 23.2 Å². The van der Waals surface area contributed by atoms with E-state index in [9.17, 15) is 4.79 Å². The van der Waals surface area contributed by atoms with E-state index >= 15 is 0 Å². The van der Waals surface area contributed by atoms with E-state index in [1.807, 2.05) is 30.3 Å². The molecule has 7 nitrogen and oxygen atoms in total. The van der Waals surface area contributed by atoms with Crippen molar-refractivity contribution in [2.45, 2.75) is 12.8 Å². The summed E-state index contributed by atoms with van der Waals surface area (Å²) in [5, 5.41) is 15.6. The summed E-state index contributed by atoms with van der Waals surface area (Å²) in [6.07, 6.45) is 0.511. The lowest BCUT2D eigenvalue weighted by atomic mass is 10.2. The van der Waals surface area contributed by atoms with Crippen LogP contribution in [0.4, 0.5) is 5.69 Å². The van der Waals surface area contributed by atoms with Crippen LogP contribution in [0.15, 0.2) is 53.1 Å². The number of carbonyl (C=O) groups excluding carboxylic acids is 1. The molecule has 26 heavy (non-hydrogen) atoms. The van der Waals surface area contributed by atoms with Crippen molar-refractivity contribution in [3.05, 3.63) is 60.0 Å². The van der Waals surface area contributed by atoms with Gasteiger partial charge in [0.15, 0.2) is 0 Å². The first-order chi connectivity index (χ1) is 12.7. The van der Waals surface area contributed by atoms with Gasteiger partial charge in [0.2, 0.25) is 17.6 Å². The number of ether oxygens (including phenoxy) is 1. The first-order valence-electron chi connectivity index (χ1n) is 7.95. The van der Waals surface area contributed by atoms with Crippen molar-refractivity contribution in [1.82, 2.24) is 10.1 Å². The van der Waals surface area contributed by atoms with Crippen LogP contribution < -0.4 is 10.1 Å². The molecule has 0 fully saturated rings. The lowest BCUT2D eigenvalue weighted by Gasteiger charge is -2.04. The summed E-state index contributed by atoms with van der Waals surface area (Å²) >= 11 is 0. The Bertz CT molecular complexity index is 959. The first-order valence-corrected chi connectivity index (χ1v) is 7.95. The number of aromatic nitrogens is 2. The first kappa shape index (κ1) is 17.2. The quantitative estimate of drug-likeness (QED) is 0.734. The number of methoxy groups -OCH3 is 1. The molecule has 0 atom stereocenters. The maximum absolute atomic E-state index is 12.0. The Balaban J connectivity index is 1.59. The molecule has 3 rings (SSSR count). The number of nitrogens with one attached hydrogen (secondary N) is 1. The fraction of sp³-hybridized carbons (Fsp3) is 0.158. The normalized spacial score (nSPS) is 10.2. The summed E-state index contributed by atoms with van der Waals surface area (Å²) < 4.78 is 10.4. The molecule has 0 radical (unpaired) electrons. The molecule has 0 saturated carbocycles. The largest absolute Gasteiger partial charge is 0.497 e. The maximum Gasteiger partial charge on any atom is 0.227 e. The van der Waals surface area contributed by atoms with Crippen LogP contribution in [-0.2, 0) is 11.2 Å². The van der Waals surface area contributed by atoms with E-state index in [2.05, 4.69) is 15.5 Å². The van der Waals surface area contributed by atoms with Gasteiger partial charge in [-0.05, 0) is 30.3 Å². The standard InChI is InChI=1S/C19H16N4O3/c1-25-16-7-3-5-14(11-16)19-22-18(26-23-19)9-8-17(24)21-15-6-2-4-13(10-15)12-20/h2-7,10-11H,8-9H2,1H3,(H,21,24). The van der Waals surface area contributed by atoms with Crippen LogP contribution in [-0.4, -0.2) is 23.2 Å². The zero-order valence-electron chi connectivity index (χ0n) is 14.1. The van der Waals surface area contributed by atoms with Gasteiger partial charge < -0.3 is 14.6 Å². The van der Waals surface area contributed by atoms with Gasteiger partial charge in [0, 0.05) is 24.1 Å². The minimum absolute atomic E-state index is 0.191. The van der Waals surface area contributed by atoms with Gasteiger partial charge >= 0.3 is 0 Å². The van der Waals surface area contributed by atoms with Gasteiger partial charge in [-0.1, -0.05) is 23.4 Å². The molecule has 130 valence electrons. The van der Waals surface area contributed by atoms with E-state index in [0.29, 0.717) is 35.1 Å². The smallest absolute Gasteiger partial charge is 0.227 e. The summed E-state index contributed by atoms with van der Waals surface area (Å²) in [5.41, 5.74) is 1.84. The van der Waals surface area contributed by atoms with Crippen molar-refractivity contribution in [2.75, 3.05) is 12.4 Å². The molecule has 0 unspecified atom stereocenters. The van der Waals surface area contributed by atoms with E-state index in [1.165, 1.54) is 0 Å². The summed E-state index contributed by atoms with van der Waals surface area (Å²) in [5.74, 6) is 1.33. The number of hydrogen-bond acceptors (Lipinski definition) is 6. The molecule has 0 aliphatic heterocycles. The maximum atomic E-state index is 12.0. The highest BCUT2D eigenvalue weighted by Gasteiger charge is 2.11. The second-order valence-corrected chi connectivity index (χ2v) is 5.48. The summed E-state index contributed by atoms with van der Waals surface area (Å²) in [6.45, 7) is 0. The molecule has 2 aromatic carbocycles. The number of anilines is 1. The molecule has 0 saturated heterocycles. The van der Waals surface area contributed by atoms with Gasteiger partial charge in [-0.15, -0.1) is 0 Å². The fourth-order valence-electron chi connectivity index (χ4n) is 2.35. The van der Waals surface area contributed by atoms with Crippen molar-refractivity contribution >= 4 is 11.6 Å². The Labute approximate surface area is 150 Å². The van der Waals surface area contributed by atoms with Gasteiger partial charge in [-0.25, -0.2) is 0 Å². The average molecular weight is 348 g/mol. The van der Waals surface area contributed by atoms with Crippen LogP contribution >= 0.6 is 0 Å². The molecule has 1 amide bonds. The lowest BCUT2D eigenvalue weighted by molar-refractivity contribution is -0.116. The zero-order chi connectivity index (χ0) is 18.4. The van der Waals surface area contributed by atoms with Crippen molar-refractivity contribution in [1.29, 1.82) is 5.26 Å². The molecule has 0 spiro atoms. The SMILES string of the molecule is COc1cccc(-c2noc(CCC(=O)Nc3cccc(C#N)c3)n2)c1. The Morgan fingerprint density at radius 3 is 2.92 bits per heavy atom. The highest BCUT2D eigenvalue weighted by Crippen LogP contribution is 2.21. The predicted molar refractivity (Wildman–Crippen MR) is 94.4 cm³/mol. The summed E-state index contributed by atoms with van der Waals surface area (Å²) in [7, 11) is 1.59. The van der Waals surface area contributed by atoms with E-state index in [0.717, 1.165) is 5.56 Å². The number of amides is 1. The second kappa shape index (κ2) is 7.94. The zero-order valence-corrected chi connectivity index (χ0v) is 14.1. The third-order valence-corrected chi connectivity index (χ3v) is 3.64. The minimum atomic E-state index is -0.193. The number of benzene rings is 2. The van der Waals surface area contributed by atoms with E-state index in [-0.39, 0.29) is 12.3 Å². The topological polar surface area (TPSA) is 101 Å². The van der Waals surface area contributed by atoms with E-state index < -0.39 is 0 Å². The molecule has 3 aromatic rings. The molecule has 1 N–H and O–H groups in total. The van der Waals surface area contributed by atoms with Crippen LogP contribution in [0.1, 0.15) is 17.9 Å². The van der Waals surface area contributed by atoms with Crippen molar-refractivity contribution in [3.63, 3.8) is 0 Å². The highest BCUT2D eigenvalue weighted by molar-refractivity contribution is 5.90. The fourth-order valence-corrected chi connectivity index (χ4v) is 2.35. The molecule has 1 aromatic heterocycles. The van der Waals surface area contributed by atoms with Crippen LogP contribution in [0.3, 0.4) is 0 Å². The van der Waals surface area contributed by atoms with Crippen LogP contribution in [0.25, 0.3) is 11.4 Å². The van der Waals surface area contributed by atoms with Crippen LogP contribution in [0.5, 0.6) is 5.75 Å². The number of carbonyl (C=O) groups is 1. The lowest BCUT2D eigenvalue weighted by Crippen LogP contribution is -2.12. The van der Waals surface area contributed by atoms with Gasteiger partial charge in [0.25, 0.3) is 0 Å². The Hall–Kier alpha value is -3.66. The van der Waals surface area contributed by atoms with Crippen molar-refractivity contribution in [2.24, 2.45) is 0 Å². The molecule has 0 aliphatic rings. The number of rotatable bonds is 6. The van der Waals surface area contributed by atoms with Gasteiger partial charge in [0.05, 0.1) is 18.7 Å². The molecule has 1 heterocycles. The molecule has 0 bridgehead atoms. The number of nitrogens with zero attached hydrogens (tertiary/aromatic N) is 3. The summed E-state index contributed by atoms with van der Waals surface area (Å²) in [6, 6.07) is 16.1. The van der Waals surface area contributed by atoms with Gasteiger partial charge in [-0.2, -0.15) is 10.2 Å². The Morgan fingerprint density at radius 2 is 2.12 bits per heavy atom. The van der Waals surface area contributed by atoms with E-state index in [4.69, 9.17) is 14.5 Å². The number of aryl methyl sites for hydroxylation is 1. The van der Waals surface area contributed by atoms with Crippen LogP contribution in [0, 0.1) is 11.3 Å². The van der Waals surface area contributed by atoms with Gasteiger partial charge in [0.1, 0.15) is 5.75 Å². The monoisotopic (exact) mass is 348 g/mol. The Kier molecular flexibility index (Phi) is 5.25. The molecular weight excluding hydrogens is 332 g/mol.